The Morgan fingerprint density at radius 2 is 1.22 bits per heavy atom. The summed E-state index contributed by atoms with van der Waals surface area (Å²) >= 11 is 0. The van der Waals surface area contributed by atoms with Crippen LogP contribution in [0.4, 0.5) is 0 Å². The first kappa shape index (κ1) is 45.2. The summed E-state index contributed by atoms with van der Waals surface area (Å²) < 4.78 is 0. The van der Waals surface area contributed by atoms with Crippen LogP contribution < -0.4 is 5.32 Å². The molecule has 1 N–H and O–H groups in total. The zero-order valence-electron chi connectivity index (χ0n) is 30.1. The highest BCUT2D eigenvalue weighted by atomic mass is 14.8. The number of nitrogens with one attached hydrogen (secondary N) is 1. The van der Waals surface area contributed by atoms with Crippen molar-refractivity contribution in [3.8, 4) is 0 Å². The van der Waals surface area contributed by atoms with Gasteiger partial charge >= 0.3 is 0 Å². The summed E-state index contributed by atoms with van der Waals surface area (Å²) in [6, 6.07) is 8.39. The SMILES string of the molecule is C=C(C)C.C=C(C)c1ccc(C)cc1.C=CC1=CC=C(C(C)(C)C)CC1.CC.CC.CC.CNC1=CC=C(C)CC1. The van der Waals surface area contributed by atoms with Crippen LogP contribution in [0.25, 0.3) is 5.57 Å². The van der Waals surface area contributed by atoms with Crippen LogP contribution in [0, 0.1) is 12.3 Å². The van der Waals surface area contributed by atoms with Crippen LogP contribution in [0.5, 0.6) is 0 Å². The van der Waals surface area contributed by atoms with Gasteiger partial charge in [-0.3, -0.25) is 0 Å². The molecule has 0 radical (unpaired) electrons. The van der Waals surface area contributed by atoms with Gasteiger partial charge in [0.1, 0.15) is 0 Å². The molecule has 0 fully saturated rings. The van der Waals surface area contributed by atoms with Crippen LogP contribution in [-0.2, 0) is 0 Å². The average Bonchev–Trinajstić information content (AvgIpc) is 2.97. The molecule has 1 heteroatoms. The third-order valence-electron chi connectivity index (χ3n) is 5.63. The van der Waals surface area contributed by atoms with Gasteiger partial charge in [0.05, 0.1) is 0 Å². The lowest BCUT2D eigenvalue weighted by Crippen LogP contribution is -2.11. The maximum Gasteiger partial charge on any atom is 0.0107 e. The quantitative estimate of drug-likeness (QED) is 0.361. The molecule has 0 amide bonds. The number of rotatable bonds is 3. The number of hydrogen-bond donors (Lipinski definition) is 1. The summed E-state index contributed by atoms with van der Waals surface area (Å²) in [6.07, 6.45) is 15.5. The molecule has 0 aromatic heterocycles. The second kappa shape index (κ2) is 28.7. The average molecular weight is 564 g/mol. The Bertz CT molecular complexity index is 934. The number of benzene rings is 1. The smallest absolute Gasteiger partial charge is 0.0107 e. The predicted molar refractivity (Wildman–Crippen MR) is 196 cm³/mol. The Kier molecular flexibility index (Phi) is 31.7. The fraction of sp³-hybridized carbons (Fsp3) is 0.500. The first-order chi connectivity index (χ1) is 19.3. The van der Waals surface area contributed by atoms with Gasteiger partial charge in [0, 0.05) is 12.7 Å². The standard InChI is InChI=1S/C12H18.C10H12.C8H13N.C4H8.3C2H6/c1-5-10-6-8-11(9-7-10)12(2,3)4;1-8(2)10-6-4-9(3)5-7-10;1-7-3-5-8(9-2)6-4-7;1-4(2)3;3*1-2/h5-6,8H,1,7,9H2,2-4H3;4-7H,1H2,2-3H3;3,5,9H,4,6H2,1-2H3;1H2,2-3H3;3*1-2H3. The maximum atomic E-state index is 3.86. The van der Waals surface area contributed by atoms with Gasteiger partial charge in [0.15, 0.2) is 0 Å². The first-order valence-electron chi connectivity index (χ1n) is 15.7. The molecule has 0 heterocycles. The van der Waals surface area contributed by atoms with Crippen molar-refractivity contribution in [3.63, 3.8) is 0 Å². The third-order valence-corrected chi connectivity index (χ3v) is 5.63. The Morgan fingerprint density at radius 1 is 0.732 bits per heavy atom. The van der Waals surface area contributed by atoms with Crippen molar-refractivity contribution < 1.29 is 0 Å². The Balaban J connectivity index is -0.000000217. The molecule has 41 heavy (non-hydrogen) atoms. The van der Waals surface area contributed by atoms with E-state index in [9.17, 15) is 0 Å². The van der Waals surface area contributed by atoms with E-state index in [0.717, 1.165) is 12.0 Å². The monoisotopic (exact) mass is 564 g/mol. The lowest BCUT2D eigenvalue weighted by Gasteiger charge is -2.25. The largest absolute Gasteiger partial charge is 0.391 e. The fourth-order valence-electron chi connectivity index (χ4n) is 3.24. The van der Waals surface area contributed by atoms with Crippen LogP contribution in [0.2, 0.25) is 0 Å². The molecular formula is C40H69N. The van der Waals surface area contributed by atoms with Crippen LogP contribution in [0.15, 0.2) is 102 Å². The molecule has 3 rings (SSSR count). The molecule has 0 atom stereocenters. The summed E-state index contributed by atoms with van der Waals surface area (Å²) in [5.74, 6) is 0. The van der Waals surface area contributed by atoms with Crippen LogP contribution in [-0.4, -0.2) is 7.05 Å². The molecule has 0 unspecified atom stereocenters. The van der Waals surface area contributed by atoms with Crippen molar-refractivity contribution in [1.29, 1.82) is 0 Å². The number of hydrogen-bond acceptors (Lipinski definition) is 1. The highest BCUT2D eigenvalue weighted by Crippen LogP contribution is 2.32. The molecule has 2 aliphatic carbocycles. The minimum absolute atomic E-state index is 0.337. The normalized spacial score (nSPS) is 12.8. The summed E-state index contributed by atoms with van der Waals surface area (Å²) in [6.45, 7) is 40.2. The Hall–Kier alpha value is -2.80. The van der Waals surface area contributed by atoms with Gasteiger partial charge in [0.2, 0.25) is 0 Å². The summed E-state index contributed by atoms with van der Waals surface area (Å²) in [4.78, 5) is 0. The molecule has 1 nitrogen and oxygen atoms in total. The van der Waals surface area contributed by atoms with Gasteiger partial charge in [-0.25, -0.2) is 0 Å². The fourth-order valence-corrected chi connectivity index (χ4v) is 3.24. The Labute approximate surface area is 259 Å². The van der Waals surface area contributed by atoms with Gasteiger partial charge in [-0.2, -0.15) is 0 Å². The highest BCUT2D eigenvalue weighted by Gasteiger charge is 2.17. The zero-order chi connectivity index (χ0) is 33.0. The summed E-state index contributed by atoms with van der Waals surface area (Å²) in [5, 5.41) is 3.14. The molecule has 2 aliphatic rings. The summed E-state index contributed by atoms with van der Waals surface area (Å²) in [7, 11) is 1.97. The van der Waals surface area contributed by atoms with Gasteiger partial charge in [-0.05, 0) is 82.9 Å². The van der Waals surface area contributed by atoms with Crippen molar-refractivity contribution >= 4 is 5.57 Å². The minimum atomic E-state index is 0.337. The van der Waals surface area contributed by atoms with E-state index in [-0.39, 0.29) is 0 Å². The van der Waals surface area contributed by atoms with E-state index in [0.29, 0.717) is 5.41 Å². The predicted octanol–water partition coefficient (Wildman–Crippen LogP) is 13.4. The van der Waals surface area contributed by atoms with E-state index >= 15 is 0 Å². The van der Waals surface area contributed by atoms with E-state index in [1.54, 1.807) is 5.57 Å². The summed E-state index contributed by atoms with van der Waals surface area (Å²) in [5.41, 5.74) is 10.9. The van der Waals surface area contributed by atoms with Crippen molar-refractivity contribution in [2.24, 2.45) is 5.41 Å². The van der Waals surface area contributed by atoms with E-state index in [2.05, 4.69) is 108 Å². The Morgan fingerprint density at radius 3 is 1.51 bits per heavy atom. The van der Waals surface area contributed by atoms with Crippen molar-refractivity contribution in [2.45, 2.75) is 123 Å². The number of aryl methyl sites for hydroxylation is 1. The molecule has 0 saturated carbocycles. The maximum absolute atomic E-state index is 3.86. The molecular weight excluding hydrogens is 494 g/mol. The molecule has 1 aromatic rings. The second-order valence-electron chi connectivity index (χ2n) is 10.7. The van der Waals surface area contributed by atoms with Crippen LogP contribution in [0.1, 0.15) is 127 Å². The van der Waals surface area contributed by atoms with E-state index < -0.39 is 0 Å². The molecule has 234 valence electrons. The van der Waals surface area contributed by atoms with Crippen molar-refractivity contribution in [1.82, 2.24) is 5.32 Å². The van der Waals surface area contributed by atoms with Crippen LogP contribution in [0.3, 0.4) is 0 Å². The molecule has 1 aromatic carbocycles. The third kappa shape index (κ3) is 27.2. The van der Waals surface area contributed by atoms with Gasteiger partial charge < -0.3 is 5.32 Å². The lowest BCUT2D eigenvalue weighted by molar-refractivity contribution is 0.480. The lowest BCUT2D eigenvalue weighted by atomic mass is 9.80. The number of allylic oxidation sites excluding steroid dienone is 11. The molecule has 0 spiro atoms. The van der Waals surface area contributed by atoms with Crippen molar-refractivity contribution in [2.75, 3.05) is 7.05 Å². The van der Waals surface area contributed by atoms with Crippen LogP contribution >= 0.6 is 0 Å². The van der Waals surface area contributed by atoms with E-state index in [4.69, 9.17) is 0 Å². The minimum Gasteiger partial charge on any atom is -0.391 e. The highest BCUT2D eigenvalue weighted by molar-refractivity contribution is 5.61. The van der Waals surface area contributed by atoms with Gasteiger partial charge in [0.25, 0.3) is 0 Å². The first-order valence-corrected chi connectivity index (χ1v) is 15.7. The second-order valence-corrected chi connectivity index (χ2v) is 10.7. The molecule has 0 saturated heterocycles. The van der Waals surface area contributed by atoms with Crippen molar-refractivity contribution in [3.05, 3.63) is 113 Å². The molecule has 0 bridgehead atoms. The van der Waals surface area contributed by atoms with E-state index in [1.165, 1.54) is 52.8 Å². The van der Waals surface area contributed by atoms with Gasteiger partial charge in [-0.15, -0.1) is 6.58 Å². The topological polar surface area (TPSA) is 12.0 Å². The van der Waals surface area contributed by atoms with E-state index in [1.807, 2.05) is 75.4 Å². The molecule has 0 aliphatic heterocycles. The van der Waals surface area contributed by atoms with Gasteiger partial charge in [-0.1, -0.05) is 152 Å². The zero-order valence-corrected chi connectivity index (χ0v) is 30.1.